The standard InChI is InChI=1S/C13H21N5O4/c1-9(19)14-10-8-11(18(20)21)12(15-13(10)22-5)17(4)7-6-16(2)3/h8H,6-7H2,1-5H3,(H,14,19). The Bertz CT molecular complexity index is 562. The number of ether oxygens (including phenoxy) is 1. The zero-order valence-corrected chi connectivity index (χ0v) is 13.4. The van der Waals surface area contributed by atoms with Crippen molar-refractivity contribution >= 4 is 23.1 Å². The van der Waals surface area contributed by atoms with Gasteiger partial charge in [-0.2, -0.15) is 4.98 Å². The third kappa shape index (κ3) is 4.55. The van der Waals surface area contributed by atoms with Gasteiger partial charge in [0.1, 0.15) is 5.69 Å². The number of amides is 1. The molecular weight excluding hydrogens is 290 g/mol. The molecule has 0 aliphatic carbocycles. The molecule has 0 bridgehead atoms. The van der Waals surface area contributed by atoms with Gasteiger partial charge in [0, 0.05) is 33.1 Å². The molecule has 0 aliphatic rings. The van der Waals surface area contributed by atoms with Crippen molar-refractivity contribution in [2.24, 2.45) is 0 Å². The summed E-state index contributed by atoms with van der Waals surface area (Å²) in [4.78, 5) is 29.7. The van der Waals surface area contributed by atoms with Crippen LogP contribution in [-0.4, -0.2) is 62.1 Å². The van der Waals surface area contributed by atoms with Crippen molar-refractivity contribution in [3.8, 4) is 5.88 Å². The van der Waals surface area contributed by atoms with E-state index in [2.05, 4.69) is 10.3 Å². The van der Waals surface area contributed by atoms with E-state index >= 15 is 0 Å². The molecule has 0 atom stereocenters. The minimum Gasteiger partial charge on any atom is -0.479 e. The summed E-state index contributed by atoms with van der Waals surface area (Å²) in [6.07, 6.45) is 0. The van der Waals surface area contributed by atoms with Gasteiger partial charge in [-0.05, 0) is 14.1 Å². The number of anilines is 2. The summed E-state index contributed by atoms with van der Waals surface area (Å²) in [5, 5.41) is 13.8. The number of hydrogen-bond acceptors (Lipinski definition) is 7. The van der Waals surface area contributed by atoms with Gasteiger partial charge < -0.3 is 19.9 Å². The van der Waals surface area contributed by atoms with Crippen LogP contribution in [0.4, 0.5) is 17.2 Å². The summed E-state index contributed by atoms with van der Waals surface area (Å²) >= 11 is 0. The van der Waals surface area contributed by atoms with Crippen LogP contribution in [0, 0.1) is 10.1 Å². The van der Waals surface area contributed by atoms with E-state index in [1.54, 1.807) is 11.9 Å². The summed E-state index contributed by atoms with van der Waals surface area (Å²) in [5.74, 6) is -0.0339. The molecule has 1 N–H and O–H groups in total. The van der Waals surface area contributed by atoms with E-state index in [0.29, 0.717) is 13.1 Å². The molecule has 0 unspecified atom stereocenters. The molecule has 1 aromatic rings. The average molecular weight is 311 g/mol. The minimum atomic E-state index is -0.529. The highest BCUT2D eigenvalue weighted by molar-refractivity contribution is 5.91. The zero-order chi connectivity index (χ0) is 16.9. The Kier molecular flexibility index (Phi) is 6.05. The van der Waals surface area contributed by atoms with Crippen LogP contribution in [0.2, 0.25) is 0 Å². The number of carbonyl (C=O) groups excluding carboxylic acids is 1. The first-order valence-electron chi connectivity index (χ1n) is 6.63. The number of carbonyl (C=O) groups is 1. The molecule has 0 radical (unpaired) electrons. The Labute approximate surface area is 129 Å². The lowest BCUT2D eigenvalue weighted by molar-refractivity contribution is -0.384. The summed E-state index contributed by atoms with van der Waals surface area (Å²) in [5.41, 5.74) is -0.0164. The normalized spacial score (nSPS) is 10.5. The Morgan fingerprint density at radius 1 is 1.41 bits per heavy atom. The first kappa shape index (κ1) is 17.6. The van der Waals surface area contributed by atoms with E-state index in [1.807, 2.05) is 19.0 Å². The summed E-state index contributed by atoms with van der Waals surface area (Å²) in [6.45, 7) is 2.58. The van der Waals surface area contributed by atoms with Crippen LogP contribution in [0.1, 0.15) is 6.92 Å². The highest BCUT2D eigenvalue weighted by atomic mass is 16.6. The highest BCUT2D eigenvalue weighted by Crippen LogP contribution is 2.34. The predicted molar refractivity (Wildman–Crippen MR) is 83.6 cm³/mol. The van der Waals surface area contributed by atoms with Gasteiger partial charge >= 0.3 is 5.69 Å². The van der Waals surface area contributed by atoms with Crippen molar-refractivity contribution in [2.75, 3.05) is 51.6 Å². The number of likely N-dealkylation sites (N-methyl/N-ethyl adjacent to an activating group) is 2. The van der Waals surface area contributed by atoms with Crippen LogP contribution in [0.3, 0.4) is 0 Å². The average Bonchev–Trinajstić information content (AvgIpc) is 2.43. The van der Waals surface area contributed by atoms with Gasteiger partial charge in [-0.25, -0.2) is 0 Å². The first-order valence-corrected chi connectivity index (χ1v) is 6.63. The van der Waals surface area contributed by atoms with E-state index in [1.165, 1.54) is 20.1 Å². The molecule has 0 aliphatic heterocycles. The van der Waals surface area contributed by atoms with Crippen molar-refractivity contribution in [1.82, 2.24) is 9.88 Å². The maximum Gasteiger partial charge on any atom is 0.313 e. The Morgan fingerprint density at radius 3 is 2.50 bits per heavy atom. The van der Waals surface area contributed by atoms with E-state index < -0.39 is 4.92 Å². The number of nitrogens with one attached hydrogen (secondary N) is 1. The number of pyridine rings is 1. The van der Waals surface area contributed by atoms with Crippen molar-refractivity contribution in [1.29, 1.82) is 0 Å². The fraction of sp³-hybridized carbons (Fsp3) is 0.538. The SMILES string of the molecule is COc1nc(N(C)CCN(C)C)c([N+](=O)[O-])cc1NC(C)=O. The van der Waals surface area contributed by atoms with Crippen LogP contribution in [-0.2, 0) is 4.79 Å². The van der Waals surface area contributed by atoms with E-state index in [-0.39, 0.29) is 29.0 Å². The quantitative estimate of drug-likeness (QED) is 0.591. The number of aromatic nitrogens is 1. The number of methoxy groups -OCH3 is 1. The minimum absolute atomic E-state index is 0.132. The third-order valence-corrected chi connectivity index (χ3v) is 2.89. The monoisotopic (exact) mass is 311 g/mol. The molecule has 22 heavy (non-hydrogen) atoms. The van der Waals surface area contributed by atoms with Crippen LogP contribution >= 0.6 is 0 Å². The second-order valence-corrected chi connectivity index (χ2v) is 5.05. The molecule has 0 saturated carbocycles. The lowest BCUT2D eigenvalue weighted by Gasteiger charge is -2.21. The summed E-state index contributed by atoms with van der Waals surface area (Å²) in [7, 11) is 6.94. The van der Waals surface area contributed by atoms with Crippen LogP contribution in [0.15, 0.2) is 6.07 Å². The van der Waals surface area contributed by atoms with E-state index in [0.717, 1.165) is 0 Å². The maximum atomic E-state index is 11.3. The molecule has 0 spiro atoms. The summed E-state index contributed by atoms with van der Waals surface area (Å²) < 4.78 is 5.11. The van der Waals surface area contributed by atoms with Crippen molar-refractivity contribution in [3.05, 3.63) is 16.2 Å². The largest absolute Gasteiger partial charge is 0.479 e. The molecule has 1 amide bonds. The van der Waals surface area contributed by atoms with Crippen LogP contribution < -0.4 is 15.0 Å². The van der Waals surface area contributed by atoms with Crippen molar-refractivity contribution in [3.63, 3.8) is 0 Å². The molecule has 0 aromatic carbocycles. The second-order valence-electron chi connectivity index (χ2n) is 5.05. The molecule has 1 rings (SSSR count). The smallest absolute Gasteiger partial charge is 0.313 e. The van der Waals surface area contributed by atoms with Gasteiger partial charge in [0.2, 0.25) is 17.6 Å². The molecule has 9 nitrogen and oxygen atoms in total. The molecule has 1 heterocycles. The second kappa shape index (κ2) is 7.55. The molecule has 1 aromatic heterocycles. The van der Waals surface area contributed by atoms with Gasteiger partial charge in [-0.1, -0.05) is 0 Å². The maximum absolute atomic E-state index is 11.3. The fourth-order valence-corrected chi connectivity index (χ4v) is 1.78. The van der Waals surface area contributed by atoms with Crippen molar-refractivity contribution in [2.45, 2.75) is 6.92 Å². The van der Waals surface area contributed by atoms with Gasteiger partial charge in [0.25, 0.3) is 0 Å². The van der Waals surface area contributed by atoms with E-state index in [9.17, 15) is 14.9 Å². The zero-order valence-electron chi connectivity index (χ0n) is 13.4. The van der Waals surface area contributed by atoms with Gasteiger partial charge in [-0.3, -0.25) is 14.9 Å². The molecule has 0 saturated heterocycles. The first-order chi connectivity index (χ1) is 10.3. The van der Waals surface area contributed by atoms with Crippen molar-refractivity contribution < 1.29 is 14.5 Å². The fourth-order valence-electron chi connectivity index (χ4n) is 1.78. The van der Waals surface area contributed by atoms with Gasteiger partial charge in [0.15, 0.2) is 0 Å². The number of hydrogen-bond donors (Lipinski definition) is 1. The molecule has 0 fully saturated rings. The predicted octanol–water partition coefficient (Wildman–Crippen LogP) is 0.955. The Hall–Kier alpha value is -2.42. The van der Waals surface area contributed by atoms with Gasteiger partial charge in [0.05, 0.1) is 12.0 Å². The molecule has 122 valence electrons. The van der Waals surface area contributed by atoms with Crippen LogP contribution in [0.25, 0.3) is 0 Å². The topological polar surface area (TPSA) is 101 Å². The summed E-state index contributed by atoms with van der Waals surface area (Å²) in [6, 6.07) is 1.26. The third-order valence-electron chi connectivity index (χ3n) is 2.89. The van der Waals surface area contributed by atoms with E-state index in [4.69, 9.17) is 4.74 Å². The highest BCUT2D eigenvalue weighted by Gasteiger charge is 2.24. The number of rotatable bonds is 7. The molecule has 9 heteroatoms. The Balaban J connectivity index is 3.25. The number of nitrogens with zero attached hydrogens (tertiary/aromatic N) is 4. The van der Waals surface area contributed by atoms with Gasteiger partial charge in [-0.15, -0.1) is 0 Å². The Morgan fingerprint density at radius 2 is 2.05 bits per heavy atom. The number of nitro groups is 1. The molecular formula is C13H21N5O4. The lowest BCUT2D eigenvalue weighted by atomic mass is 10.3. The lowest BCUT2D eigenvalue weighted by Crippen LogP contribution is -2.29. The van der Waals surface area contributed by atoms with Crippen LogP contribution in [0.5, 0.6) is 5.88 Å².